The first-order valence-corrected chi connectivity index (χ1v) is 8.80. The van der Waals surface area contributed by atoms with E-state index in [0.29, 0.717) is 23.9 Å². The van der Waals surface area contributed by atoms with E-state index in [1.165, 1.54) is 0 Å². The van der Waals surface area contributed by atoms with Crippen molar-refractivity contribution < 1.29 is 9.59 Å². The highest BCUT2D eigenvalue weighted by Gasteiger charge is 2.20. The fourth-order valence-corrected chi connectivity index (χ4v) is 3.05. The second-order valence-corrected chi connectivity index (χ2v) is 7.23. The zero-order valence-electron chi connectivity index (χ0n) is 15.1. The Morgan fingerprint density at radius 1 is 1.33 bits per heavy atom. The summed E-state index contributed by atoms with van der Waals surface area (Å²) in [5, 5.41) is 9.41. The zero-order valence-corrected chi connectivity index (χ0v) is 15.1. The SMILES string of the molecule is Cc1cc(C(=O)NC2CCNC(C)C2)ccc1NC(=O)CC(C)C. The van der Waals surface area contributed by atoms with Crippen LogP contribution >= 0.6 is 0 Å². The molecule has 2 atom stereocenters. The summed E-state index contributed by atoms with van der Waals surface area (Å²) in [6, 6.07) is 6.08. The van der Waals surface area contributed by atoms with Crippen LogP contribution in [0.1, 0.15) is 56.0 Å². The van der Waals surface area contributed by atoms with Gasteiger partial charge in [-0.1, -0.05) is 13.8 Å². The van der Waals surface area contributed by atoms with E-state index in [2.05, 4.69) is 22.9 Å². The Labute approximate surface area is 144 Å². The highest BCUT2D eigenvalue weighted by Crippen LogP contribution is 2.18. The largest absolute Gasteiger partial charge is 0.349 e. The van der Waals surface area contributed by atoms with E-state index in [-0.39, 0.29) is 17.9 Å². The Balaban J connectivity index is 1.97. The van der Waals surface area contributed by atoms with E-state index in [9.17, 15) is 9.59 Å². The second kappa shape index (κ2) is 8.29. The van der Waals surface area contributed by atoms with Gasteiger partial charge in [0.05, 0.1) is 0 Å². The van der Waals surface area contributed by atoms with Crippen LogP contribution < -0.4 is 16.0 Å². The molecule has 0 spiro atoms. The first-order chi connectivity index (χ1) is 11.3. The first-order valence-electron chi connectivity index (χ1n) is 8.80. The third kappa shape index (κ3) is 5.34. The van der Waals surface area contributed by atoms with Gasteiger partial charge in [-0.2, -0.15) is 0 Å². The average molecular weight is 331 g/mol. The Morgan fingerprint density at radius 3 is 2.71 bits per heavy atom. The molecular weight excluding hydrogens is 302 g/mol. The average Bonchev–Trinajstić information content (AvgIpc) is 2.48. The van der Waals surface area contributed by atoms with E-state index in [0.717, 1.165) is 30.6 Å². The minimum absolute atomic E-state index is 0.00833. The number of hydrogen-bond donors (Lipinski definition) is 3. The van der Waals surface area contributed by atoms with Gasteiger partial charge in [0.15, 0.2) is 0 Å². The van der Waals surface area contributed by atoms with Gasteiger partial charge >= 0.3 is 0 Å². The van der Waals surface area contributed by atoms with Crippen molar-refractivity contribution in [2.75, 3.05) is 11.9 Å². The lowest BCUT2D eigenvalue weighted by Crippen LogP contribution is -2.46. The van der Waals surface area contributed by atoms with Crippen LogP contribution in [-0.4, -0.2) is 30.4 Å². The number of nitrogens with one attached hydrogen (secondary N) is 3. The van der Waals surface area contributed by atoms with Gasteiger partial charge in [-0.05, 0) is 62.9 Å². The molecule has 1 aromatic rings. The van der Waals surface area contributed by atoms with Crippen LogP contribution in [-0.2, 0) is 4.79 Å². The van der Waals surface area contributed by atoms with Gasteiger partial charge in [0.1, 0.15) is 0 Å². The summed E-state index contributed by atoms with van der Waals surface area (Å²) in [5.41, 5.74) is 2.31. The third-order valence-corrected chi connectivity index (χ3v) is 4.32. The fourth-order valence-electron chi connectivity index (χ4n) is 3.05. The molecule has 1 heterocycles. The van der Waals surface area contributed by atoms with Crippen LogP contribution in [0.4, 0.5) is 5.69 Å². The minimum atomic E-state index is -0.0442. The van der Waals surface area contributed by atoms with Gasteiger partial charge < -0.3 is 16.0 Å². The molecule has 132 valence electrons. The number of benzene rings is 1. The molecule has 1 aliphatic heterocycles. The highest BCUT2D eigenvalue weighted by molar-refractivity contribution is 5.96. The number of carbonyl (C=O) groups is 2. The predicted molar refractivity (Wildman–Crippen MR) is 97.2 cm³/mol. The molecule has 2 rings (SSSR count). The number of aryl methyl sites for hydroxylation is 1. The van der Waals surface area contributed by atoms with Crippen LogP contribution in [0.3, 0.4) is 0 Å². The van der Waals surface area contributed by atoms with E-state index in [1.807, 2.05) is 32.9 Å². The summed E-state index contributed by atoms with van der Waals surface area (Å²) in [5.74, 6) is 0.286. The summed E-state index contributed by atoms with van der Waals surface area (Å²) in [7, 11) is 0. The molecule has 1 aromatic carbocycles. The topological polar surface area (TPSA) is 70.2 Å². The number of piperidine rings is 1. The maximum atomic E-state index is 12.4. The number of rotatable bonds is 5. The molecule has 1 saturated heterocycles. The van der Waals surface area contributed by atoms with E-state index in [1.54, 1.807) is 6.07 Å². The standard InChI is InChI=1S/C19H29N3O2/c1-12(2)9-18(23)22-17-6-5-15(10-13(17)3)19(24)21-16-7-8-20-14(4)11-16/h5-6,10,12,14,16,20H,7-9,11H2,1-4H3,(H,21,24)(H,22,23). The summed E-state index contributed by atoms with van der Waals surface area (Å²) < 4.78 is 0. The maximum Gasteiger partial charge on any atom is 0.251 e. The number of amides is 2. The Kier molecular flexibility index (Phi) is 6.37. The molecule has 1 fully saturated rings. The van der Waals surface area contributed by atoms with Gasteiger partial charge in [0, 0.05) is 29.8 Å². The molecule has 0 aliphatic carbocycles. The predicted octanol–water partition coefficient (Wildman–Crippen LogP) is 2.85. The van der Waals surface area contributed by atoms with Crippen molar-refractivity contribution in [3.63, 3.8) is 0 Å². The molecule has 5 heteroatoms. The van der Waals surface area contributed by atoms with Crippen molar-refractivity contribution in [1.82, 2.24) is 10.6 Å². The normalized spacial score (nSPS) is 20.7. The zero-order chi connectivity index (χ0) is 17.7. The van der Waals surface area contributed by atoms with Crippen molar-refractivity contribution in [3.05, 3.63) is 29.3 Å². The van der Waals surface area contributed by atoms with Gasteiger partial charge in [0.2, 0.25) is 5.91 Å². The van der Waals surface area contributed by atoms with E-state index >= 15 is 0 Å². The summed E-state index contributed by atoms with van der Waals surface area (Å²) in [6.45, 7) is 9.01. The lowest BCUT2D eigenvalue weighted by atomic mass is 10.00. The monoisotopic (exact) mass is 331 g/mol. The summed E-state index contributed by atoms with van der Waals surface area (Å²) in [6.07, 6.45) is 2.40. The van der Waals surface area contributed by atoms with E-state index in [4.69, 9.17) is 0 Å². The van der Waals surface area contributed by atoms with Crippen molar-refractivity contribution in [2.24, 2.45) is 5.92 Å². The van der Waals surface area contributed by atoms with E-state index < -0.39 is 0 Å². The van der Waals surface area contributed by atoms with Gasteiger partial charge in [-0.3, -0.25) is 9.59 Å². The molecule has 0 saturated carbocycles. The highest BCUT2D eigenvalue weighted by atomic mass is 16.2. The van der Waals surface area contributed by atoms with Crippen LogP contribution in [0.25, 0.3) is 0 Å². The maximum absolute atomic E-state index is 12.4. The molecule has 0 radical (unpaired) electrons. The molecule has 2 unspecified atom stereocenters. The Hall–Kier alpha value is -1.88. The second-order valence-electron chi connectivity index (χ2n) is 7.23. The smallest absolute Gasteiger partial charge is 0.251 e. The third-order valence-electron chi connectivity index (χ3n) is 4.32. The van der Waals surface area contributed by atoms with Crippen molar-refractivity contribution in [3.8, 4) is 0 Å². The van der Waals surface area contributed by atoms with Crippen molar-refractivity contribution in [2.45, 2.75) is 59.0 Å². The van der Waals surface area contributed by atoms with Gasteiger partial charge in [-0.15, -0.1) is 0 Å². The molecule has 1 aliphatic rings. The molecule has 0 aromatic heterocycles. The molecule has 24 heavy (non-hydrogen) atoms. The number of anilines is 1. The lowest BCUT2D eigenvalue weighted by Gasteiger charge is -2.28. The Bertz CT molecular complexity index is 598. The molecular formula is C19H29N3O2. The number of carbonyl (C=O) groups excluding carboxylic acids is 2. The van der Waals surface area contributed by atoms with Crippen molar-refractivity contribution >= 4 is 17.5 Å². The molecule has 0 bridgehead atoms. The van der Waals surface area contributed by atoms with Crippen LogP contribution in [0.2, 0.25) is 0 Å². The van der Waals surface area contributed by atoms with Crippen LogP contribution in [0.5, 0.6) is 0 Å². The lowest BCUT2D eigenvalue weighted by molar-refractivity contribution is -0.116. The van der Waals surface area contributed by atoms with Crippen molar-refractivity contribution in [1.29, 1.82) is 0 Å². The van der Waals surface area contributed by atoms with Gasteiger partial charge in [-0.25, -0.2) is 0 Å². The van der Waals surface area contributed by atoms with Crippen LogP contribution in [0.15, 0.2) is 18.2 Å². The van der Waals surface area contributed by atoms with Crippen LogP contribution in [0, 0.1) is 12.8 Å². The Morgan fingerprint density at radius 2 is 2.08 bits per heavy atom. The number of hydrogen-bond acceptors (Lipinski definition) is 3. The first kappa shape index (κ1) is 18.5. The molecule has 3 N–H and O–H groups in total. The van der Waals surface area contributed by atoms with Gasteiger partial charge in [0.25, 0.3) is 5.91 Å². The molecule has 2 amide bonds. The summed E-state index contributed by atoms with van der Waals surface area (Å²) in [4.78, 5) is 24.3. The quantitative estimate of drug-likeness (QED) is 0.777. The molecule has 5 nitrogen and oxygen atoms in total. The summed E-state index contributed by atoms with van der Waals surface area (Å²) >= 11 is 0. The minimum Gasteiger partial charge on any atom is -0.349 e. The fraction of sp³-hybridized carbons (Fsp3) is 0.579.